The van der Waals surface area contributed by atoms with Gasteiger partial charge in [-0.25, -0.2) is 14.8 Å². The van der Waals surface area contributed by atoms with Crippen molar-refractivity contribution >= 4 is 11.7 Å². The van der Waals surface area contributed by atoms with Gasteiger partial charge in [-0.3, -0.25) is 0 Å². The molecule has 112 valence electrons. The highest BCUT2D eigenvalue weighted by Crippen LogP contribution is 2.23. The largest absolute Gasteiger partial charge is 0.476 e. The Labute approximate surface area is 121 Å². The number of carboxylic acid groups (broad SMARTS) is 1. The zero-order valence-electron chi connectivity index (χ0n) is 13.2. The van der Waals surface area contributed by atoms with Crippen molar-refractivity contribution in [1.82, 2.24) is 9.97 Å². The van der Waals surface area contributed by atoms with E-state index in [2.05, 4.69) is 28.7 Å². The maximum Gasteiger partial charge on any atom is 0.356 e. The van der Waals surface area contributed by atoms with E-state index >= 15 is 0 Å². The molecule has 20 heavy (non-hydrogen) atoms. The predicted octanol–water partition coefficient (Wildman–Crippen LogP) is 3.17. The summed E-state index contributed by atoms with van der Waals surface area (Å²) in [5.74, 6) is 0.113. The quantitative estimate of drug-likeness (QED) is 0.866. The first kappa shape index (κ1) is 16.4. The van der Waals surface area contributed by atoms with Crippen LogP contribution in [0.5, 0.6) is 0 Å². The second kappa shape index (κ2) is 6.68. The third kappa shape index (κ3) is 3.92. The van der Waals surface area contributed by atoms with Crippen LogP contribution < -0.4 is 4.90 Å². The molecule has 0 aliphatic rings. The second-order valence-electron chi connectivity index (χ2n) is 6.06. The van der Waals surface area contributed by atoms with Crippen LogP contribution in [0.3, 0.4) is 0 Å². The van der Waals surface area contributed by atoms with E-state index in [1.54, 1.807) is 6.20 Å². The Morgan fingerprint density at radius 3 is 2.25 bits per heavy atom. The molecule has 5 nitrogen and oxygen atoms in total. The van der Waals surface area contributed by atoms with E-state index in [-0.39, 0.29) is 17.7 Å². The van der Waals surface area contributed by atoms with Gasteiger partial charge in [-0.05, 0) is 19.8 Å². The molecule has 0 unspecified atom stereocenters. The molecule has 1 N–H and O–H groups in total. The average Bonchev–Trinajstić information content (AvgIpc) is 2.34. The summed E-state index contributed by atoms with van der Waals surface area (Å²) in [5.41, 5.74) is 0.698. The molecule has 1 heterocycles. The lowest BCUT2D eigenvalue weighted by Crippen LogP contribution is -2.36. The molecule has 5 heteroatoms. The van der Waals surface area contributed by atoms with E-state index in [1.807, 2.05) is 27.7 Å². The van der Waals surface area contributed by atoms with E-state index in [0.29, 0.717) is 17.4 Å². The summed E-state index contributed by atoms with van der Waals surface area (Å²) in [6.07, 6.45) is 1.65. The topological polar surface area (TPSA) is 66.3 Å². The Bertz CT molecular complexity index is 470. The first-order valence-corrected chi connectivity index (χ1v) is 7.10. The maximum absolute atomic E-state index is 11.5. The fourth-order valence-electron chi connectivity index (χ4n) is 2.02. The molecule has 0 atom stereocenters. The van der Waals surface area contributed by atoms with Crippen LogP contribution in [-0.4, -0.2) is 33.6 Å². The maximum atomic E-state index is 11.5. The molecule has 1 aromatic heterocycles. The van der Waals surface area contributed by atoms with Gasteiger partial charge in [0.1, 0.15) is 5.82 Å². The Morgan fingerprint density at radius 1 is 1.25 bits per heavy atom. The van der Waals surface area contributed by atoms with Crippen molar-refractivity contribution in [2.24, 2.45) is 5.92 Å². The molecule has 0 saturated heterocycles. The highest BCUT2D eigenvalue weighted by atomic mass is 16.4. The van der Waals surface area contributed by atoms with Crippen molar-refractivity contribution in [2.45, 2.75) is 53.5 Å². The van der Waals surface area contributed by atoms with Crippen LogP contribution in [0.4, 0.5) is 5.69 Å². The molecule has 0 amide bonds. The van der Waals surface area contributed by atoms with E-state index in [4.69, 9.17) is 0 Å². The van der Waals surface area contributed by atoms with Gasteiger partial charge in [0, 0.05) is 18.5 Å². The number of anilines is 1. The summed E-state index contributed by atoms with van der Waals surface area (Å²) in [6, 6.07) is 0.198. The number of hydrogen-bond donors (Lipinski definition) is 1. The molecule has 0 aliphatic heterocycles. The van der Waals surface area contributed by atoms with Crippen molar-refractivity contribution in [1.29, 1.82) is 0 Å². The minimum absolute atomic E-state index is 0.0954. The molecule has 0 fully saturated rings. The van der Waals surface area contributed by atoms with Gasteiger partial charge < -0.3 is 10.0 Å². The lowest BCUT2D eigenvalue weighted by molar-refractivity contribution is 0.0690. The number of carbonyl (C=O) groups is 1. The van der Waals surface area contributed by atoms with Crippen LogP contribution in [0, 0.1) is 5.92 Å². The van der Waals surface area contributed by atoms with Crippen molar-refractivity contribution in [2.75, 3.05) is 11.4 Å². The minimum atomic E-state index is -1.00. The molecule has 0 aromatic carbocycles. The SMILES string of the molecule is CC(C)CN(c1cnc(C(C)C)nc1C(=O)O)C(C)C. The van der Waals surface area contributed by atoms with Gasteiger partial charge in [0.15, 0.2) is 5.69 Å². The zero-order valence-corrected chi connectivity index (χ0v) is 13.2. The van der Waals surface area contributed by atoms with Crippen LogP contribution in [0.15, 0.2) is 6.20 Å². The van der Waals surface area contributed by atoms with Crippen molar-refractivity contribution in [3.63, 3.8) is 0 Å². The molecule has 0 spiro atoms. The Balaban J connectivity index is 3.30. The second-order valence-corrected chi connectivity index (χ2v) is 6.06. The molecule has 1 aromatic rings. The van der Waals surface area contributed by atoms with E-state index in [9.17, 15) is 9.90 Å². The Kier molecular flexibility index (Phi) is 5.48. The van der Waals surface area contributed by atoms with Gasteiger partial charge in [-0.1, -0.05) is 27.7 Å². The highest BCUT2D eigenvalue weighted by molar-refractivity contribution is 5.92. The summed E-state index contributed by atoms with van der Waals surface area (Å²) in [6.45, 7) is 13.0. The van der Waals surface area contributed by atoms with Crippen molar-refractivity contribution in [3.05, 3.63) is 17.7 Å². The van der Waals surface area contributed by atoms with Crippen LogP contribution in [0.2, 0.25) is 0 Å². The monoisotopic (exact) mass is 279 g/mol. The minimum Gasteiger partial charge on any atom is -0.476 e. The number of aromatic carboxylic acids is 1. The average molecular weight is 279 g/mol. The summed E-state index contributed by atoms with van der Waals surface area (Å²) in [7, 11) is 0. The number of hydrogen-bond acceptors (Lipinski definition) is 4. The summed E-state index contributed by atoms with van der Waals surface area (Å²) < 4.78 is 0. The summed E-state index contributed by atoms with van der Waals surface area (Å²) in [4.78, 5) is 22.1. The first-order valence-electron chi connectivity index (χ1n) is 7.10. The third-order valence-corrected chi connectivity index (χ3v) is 3.00. The Hall–Kier alpha value is -1.65. The van der Waals surface area contributed by atoms with E-state index < -0.39 is 5.97 Å². The standard InChI is InChI=1S/C15H25N3O2/c1-9(2)8-18(11(5)6)12-7-16-14(10(3)4)17-13(12)15(19)20/h7,9-11H,8H2,1-6H3,(H,19,20). The molecular formula is C15H25N3O2. The number of rotatable bonds is 6. The van der Waals surface area contributed by atoms with Gasteiger partial charge in [-0.2, -0.15) is 0 Å². The number of carboxylic acids is 1. The van der Waals surface area contributed by atoms with Gasteiger partial charge in [0.05, 0.1) is 11.9 Å². The number of nitrogens with zero attached hydrogens (tertiary/aromatic N) is 3. The Morgan fingerprint density at radius 2 is 1.85 bits per heavy atom. The fourth-order valence-corrected chi connectivity index (χ4v) is 2.02. The van der Waals surface area contributed by atoms with Gasteiger partial charge >= 0.3 is 5.97 Å². The summed E-state index contributed by atoms with van der Waals surface area (Å²) >= 11 is 0. The molecule has 1 rings (SSSR count). The van der Waals surface area contributed by atoms with Crippen molar-refractivity contribution < 1.29 is 9.90 Å². The molecule has 0 aliphatic carbocycles. The van der Waals surface area contributed by atoms with Gasteiger partial charge in [-0.15, -0.1) is 0 Å². The molecular weight excluding hydrogens is 254 g/mol. The third-order valence-electron chi connectivity index (χ3n) is 3.00. The van der Waals surface area contributed by atoms with Gasteiger partial charge in [0.2, 0.25) is 0 Å². The van der Waals surface area contributed by atoms with Crippen LogP contribution in [-0.2, 0) is 0 Å². The molecule has 0 bridgehead atoms. The lowest BCUT2D eigenvalue weighted by Gasteiger charge is -2.31. The number of aromatic nitrogens is 2. The normalized spacial score (nSPS) is 11.4. The van der Waals surface area contributed by atoms with E-state index in [0.717, 1.165) is 6.54 Å². The van der Waals surface area contributed by atoms with Gasteiger partial charge in [0.25, 0.3) is 0 Å². The first-order chi connectivity index (χ1) is 9.23. The van der Waals surface area contributed by atoms with E-state index in [1.165, 1.54) is 0 Å². The summed E-state index contributed by atoms with van der Waals surface area (Å²) in [5, 5.41) is 9.42. The lowest BCUT2D eigenvalue weighted by atomic mass is 10.1. The zero-order chi connectivity index (χ0) is 15.4. The molecule has 0 saturated carbocycles. The smallest absolute Gasteiger partial charge is 0.356 e. The van der Waals surface area contributed by atoms with Crippen molar-refractivity contribution in [3.8, 4) is 0 Å². The van der Waals surface area contributed by atoms with Crippen LogP contribution in [0.25, 0.3) is 0 Å². The van der Waals surface area contributed by atoms with Crippen LogP contribution >= 0.6 is 0 Å². The fraction of sp³-hybridized carbons (Fsp3) is 0.667. The molecule has 0 radical (unpaired) electrons. The predicted molar refractivity (Wildman–Crippen MR) is 80.4 cm³/mol. The highest BCUT2D eigenvalue weighted by Gasteiger charge is 2.22. The van der Waals surface area contributed by atoms with Crippen LogP contribution in [0.1, 0.15) is 63.8 Å².